The second kappa shape index (κ2) is 15.6. The molecule has 0 saturated carbocycles. The number of carboxylic acids is 1. The molecule has 306 valence electrons. The quantitative estimate of drug-likeness (QED) is 0.0825. The summed E-state index contributed by atoms with van der Waals surface area (Å²) in [5.41, 5.74) is 7.91. The molecular weight excluding hydrogens is 787 g/mol. The van der Waals surface area contributed by atoms with Gasteiger partial charge in [0.05, 0.1) is 33.2 Å². The van der Waals surface area contributed by atoms with Gasteiger partial charge in [-0.2, -0.15) is 4.57 Å². The standard InChI is InChI=1S/C50H37N3O9/c1-26-21-29(22-27(2)38(26)24-61-42(55)23-53-40-17-8-6-13-34(40)44(49(58)59)35-14-7-9-18-41(35)53)30-19-20-37(48(57)51-28(3)54)46-45(30)50(60)62-25-39-32-12-5-4-11-31(32)33-15-10-16-36(43(33)39)47(56)52-46/h4-22,39H,23-25H2,1-3H3,(H2-,51,52,54,56,57,58,59,60)/p+1. The number of amides is 3. The average molecular weight is 825 g/mol. The van der Waals surface area contributed by atoms with Crippen LogP contribution in [0.15, 0.2) is 115 Å². The monoisotopic (exact) mass is 824 g/mol. The van der Waals surface area contributed by atoms with E-state index in [0.29, 0.717) is 44.1 Å². The van der Waals surface area contributed by atoms with Crippen LogP contribution in [-0.4, -0.2) is 47.3 Å². The van der Waals surface area contributed by atoms with Crippen LogP contribution in [0.1, 0.15) is 82.1 Å². The van der Waals surface area contributed by atoms with E-state index in [4.69, 9.17) is 9.47 Å². The Morgan fingerprint density at radius 3 is 2.10 bits per heavy atom. The molecule has 1 atom stereocenters. The second-order valence-electron chi connectivity index (χ2n) is 15.4. The number of nitrogens with zero attached hydrogens (tertiary/aromatic N) is 1. The summed E-state index contributed by atoms with van der Waals surface area (Å²) >= 11 is 0. The Morgan fingerprint density at radius 1 is 0.790 bits per heavy atom. The summed E-state index contributed by atoms with van der Waals surface area (Å²) in [5.74, 6) is -4.78. The van der Waals surface area contributed by atoms with E-state index in [1.54, 1.807) is 71.3 Å². The number of aromatic carboxylic acids is 1. The number of hydrogen-bond acceptors (Lipinski definition) is 8. The lowest BCUT2D eigenvalue weighted by atomic mass is 9.89. The number of imide groups is 1. The first-order valence-electron chi connectivity index (χ1n) is 19.9. The van der Waals surface area contributed by atoms with Gasteiger partial charge < -0.3 is 19.9 Å². The van der Waals surface area contributed by atoms with Crippen molar-refractivity contribution in [3.05, 3.63) is 165 Å². The zero-order valence-electron chi connectivity index (χ0n) is 33.8. The molecule has 1 aromatic heterocycles. The smallest absolute Gasteiger partial charge is 0.373 e. The maximum Gasteiger partial charge on any atom is 0.373 e. The summed E-state index contributed by atoms with van der Waals surface area (Å²) in [7, 11) is 0. The fraction of sp³-hybridized carbons (Fsp3) is 0.140. The summed E-state index contributed by atoms with van der Waals surface area (Å²) < 4.78 is 13.7. The van der Waals surface area contributed by atoms with Crippen molar-refractivity contribution in [3.63, 3.8) is 0 Å². The maximum atomic E-state index is 14.4. The van der Waals surface area contributed by atoms with E-state index in [1.807, 2.05) is 56.3 Å². The molecule has 2 heterocycles. The number of benzene rings is 6. The van der Waals surface area contributed by atoms with Gasteiger partial charge in [0.15, 0.2) is 0 Å². The van der Waals surface area contributed by atoms with Crippen LogP contribution in [0.5, 0.6) is 0 Å². The van der Waals surface area contributed by atoms with Gasteiger partial charge in [0, 0.05) is 30.5 Å². The normalized spacial score (nSPS) is 14.0. The molecule has 0 spiro atoms. The number of carbonyl (C=O) groups is 6. The Bertz CT molecular complexity index is 3050. The van der Waals surface area contributed by atoms with Crippen molar-refractivity contribution in [2.24, 2.45) is 0 Å². The third kappa shape index (κ3) is 6.71. The SMILES string of the molecule is CC(=O)NC(=O)c1ccc(-c2cc(C)c(COC(=O)C[n+]3c4ccccc4c(C(=O)O)c4ccccc43)c(C)c2)c2c1NC(=O)c1cccc3c1C(COC2=O)c1ccccc1-3. The highest BCUT2D eigenvalue weighted by molar-refractivity contribution is 6.18. The number of nitrogens with one attached hydrogen (secondary N) is 2. The largest absolute Gasteiger partial charge is 0.478 e. The van der Waals surface area contributed by atoms with Crippen LogP contribution in [0, 0.1) is 13.8 Å². The average Bonchev–Trinajstić information content (AvgIpc) is 3.57. The summed E-state index contributed by atoms with van der Waals surface area (Å²) in [5, 5.41) is 16.2. The summed E-state index contributed by atoms with van der Waals surface area (Å²) in [6, 6.07) is 33.9. The number of carbonyl (C=O) groups excluding carboxylic acids is 5. The van der Waals surface area contributed by atoms with Gasteiger partial charge in [-0.3, -0.25) is 19.7 Å². The molecule has 0 radical (unpaired) electrons. The molecular formula is C50H38N3O9+. The first kappa shape index (κ1) is 39.5. The molecule has 12 heteroatoms. The lowest BCUT2D eigenvalue weighted by Crippen LogP contribution is -2.40. The molecule has 9 rings (SSSR count). The van der Waals surface area contributed by atoms with Crippen LogP contribution in [0.4, 0.5) is 5.69 Å². The Hall–Kier alpha value is -7.99. The van der Waals surface area contributed by atoms with Crippen molar-refractivity contribution in [2.75, 3.05) is 11.9 Å². The molecule has 7 aromatic rings. The number of fused-ring (bicyclic) bond motifs is 6. The number of carboxylic acid groups (broad SMARTS) is 1. The fourth-order valence-electron chi connectivity index (χ4n) is 8.98. The highest BCUT2D eigenvalue weighted by Crippen LogP contribution is 2.47. The molecule has 62 heavy (non-hydrogen) atoms. The number of aromatic nitrogens is 1. The third-order valence-corrected chi connectivity index (χ3v) is 11.7. The number of ether oxygens (including phenoxy) is 2. The Kier molecular flexibility index (Phi) is 9.90. The van der Waals surface area contributed by atoms with E-state index in [9.17, 15) is 33.9 Å². The van der Waals surface area contributed by atoms with E-state index in [2.05, 4.69) is 10.6 Å². The highest BCUT2D eigenvalue weighted by atomic mass is 16.5. The van der Waals surface area contributed by atoms with E-state index in [1.165, 1.54) is 13.0 Å². The van der Waals surface area contributed by atoms with E-state index >= 15 is 0 Å². The van der Waals surface area contributed by atoms with Crippen LogP contribution < -0.4 is 15.2 Å². The van der Waals surface area contributed by atoms with Crippen molar-refractivity contribution in [1.82, 2.24) is 5.32 Å². The zero-order chi connectivity index (χ0) is 43.4. The van der Waals surface area contributed by atoms with Gasteiger partial charge in [-0.05, 0) is 88.2 Å². The summed E-state index contributed by atoms with van der Waals surface area (Å²) in [6.45, 7) is 4.55. The Labute approximate surface area is 354 Å². The molecule has 6 aromatic carbocycles. The van der Waals surface area contributed by atoms with Gasteiger partial charge in [0.2, 0.25) is 23.5 Å². The number of rotatable bonds is 7. The number of aryl methyl sites for hydroxylation is 2. The Morgan fingerprint density at radius 2 is 1.42 bits per heavy atom. The summed E-state index contributed by atoms with van der Waals surface area (Å²) in [6.07, 6.45) is 0. The predicted octanol–water partition coefficient (Wildman–Crippen LogP) is 7.82. The minimum atomic E-state index is -1.07. The van der Waals surface area contributed by atoms with Gasteiger partial charge in [0.1, 0.15) is 13.2 Å². The molecule has 1 unspecified atom stereocenters. The van der Waals surface area contributed by atoms with Gasteiger partial charge in [0.25, 0.3) is 11.8 Å². The van der Waals surface area contributed by atoms with Crippen molar-refractivity contribution in [2.45, 2.75) is 39.8 Å². The lowest BCUT2D eigenvalue weighted by Gasteiger charge is -2.24. The topological polar surface area (TPSA) is 169 Å². The number of anilines is 1. The molecule has 1 aliphatic carbocycles. The lowest BCUT2D eigenvalue weighted by molar-refractivity contribution is -0.633. The van der Waals surface area contributed by atoms with E-state index in [0.717, 1.165) is 33.4 Å². The van der Waals surface area contributed by atoms with Crippen molar-refractivity contribution in [3.8, 4) is 22.3 Å². The number of para-hydroxylation sites is 2. The van der Waals surface area contributed by atoms with Crippen LogP contribution in [0.25, 0.3) is 44.1 Å². The van der Waals surface area contributed by atoms with E-state index in [-0.39, 0.29) is 42.1 Å². The number of cyclic esters (lactones) is 1. The number of esters is 2. The first-order valence-corrected chi connectivity index (χ1v) is 19.9. The van der Waals surface area contributed by atoms with Gasteiger partial charge in [-0.25, -0.2) is 14.4 Å². The van der Waals surface area contributed by atoms with Gasteiger partial charge in [-0.1, -0.05) is 78.9 Å². The third-order valence-electron chi connectivity index (χ3n) is 11.7. The molecule has 1 aliphatic heterocycles. The molecule has 3 amide bonds. The minimum absolute atomic E-state index is 0.0659. The summed E-state index contributed by atoms with van der Waals surface area (Å²) in [4.78, 5) is 80.3. The van der Waals surface area contributed by atoms with Crippen LogP contribution in [0.2, 0.25) is 0 Å². The van der Waals surface area contributed by atoms with Crippen LogP contribution in [-0.2, 0) is 32.2 Å². The van der Waals surface area contributed by atoms with Crippen LogP contribution >= 0.6 is 0 Å². The molecule has 2 aliphatic rings. The second-order valence-corrected chi connectivity index (χ2v) is 15.4. The zero-order valence-corrected chi connectivity index (χ0v) is 33.8. The number of hydrogen-bond donors (Lipinski definition) is 3. The van der Waals surface area contributed by atoms with Crippen molar-refractivity contribution < 1.29 is 47.9 Å². The molecule has 0 bridgehead atoms. The number of pyridine rings is 1. The van der Waals surface area contributed by atoms with Gasteiger partial charge in [-0.15, -0.1) is 0 Å². The maximum absolute atomic E-state index is 14.4. The Balaban J connectivity index is 1.07. The van der Waals surface area contributed by atoms with Crippen LogP contribution in [0.3, 0.4) is 0 Å². The molecule has 0 fully saturated rings. The highest BCUT2D eigenvalue weighted by Gasteiger charge is 2.36. The van der Waals surface area contributed by atoms with Gasteiger partial charge >= 0.3 is 17.9 Å². The molecule has 3 N–H and O–H groups in total. The molecule has 0 saturated heterocycles. The first-order chi connectivity index (χ1) is 29.9. The fourth-order valence-corrected chi connectivity index (χ4v) is 8.98. The van der Waals surface area contributed by atoms with E-state index < -0.39 is 41.5 Å². The van der Waals surface area contributed by atoms with Crippen molar-refractivity contribution >= 4 is 63.1 Å². The predicted molar refractivity (Wildman–Crippen MR) is 230 cm³/mol. The molecule has 12 nitrogen and oxygen atoms in total. The van der Waals surface area contributed by atoms with Crippen molar-refractivity contribution in [1.29, 1.82) is 0 Å². The minimum Gasteiger partial charge on any atom is -0.478 e.